The zero-order valence-corrected chi connectivity index (χ0v) is 12.8. The van der Waals surface area contributed by atoms with E-state index in [9.17, 15) is 4.79 Å². The van der Waals surface area contributed by atoms with Gasteiger partial charge in [-0.25, -0.2) is 4.98 Å². The molecule has 0 unspecified atom stereocenters. The van der Waals surface area contributed by atoms with Crippen molar-refractivity contribution < 1.29 is 4.79 Å². The summed E-state index contributed by atoms with van der Waals surface area (Å²) < 4.78 is 1.03. The molecule has 4 nitrogen and oxygen atoms in total. The van der Waals surface area contributed by atoms with Gasteiger partial charge >= 0.3 is 0 Å². The lowest BCUT2D eigenvalue weighted by Crippen LogP contribution is -2.11. The second kappa shape index (κ2) is 5.35. The van der Waals surface area contributed by atoms with E-state index in [1.807, 2.05) is 24.3 Å². The number of aryl methyl sites for hydroxylation is 1. The monoisotopic (exact) mass is 317 g/mol. The lowest BCUT2D eigenvalue weighted by Gasteiger charge is -2.06. The number of amides is 1. The summed E-state index contributed by atoms with van der Waals surface area (Å²) in [5.74, 6) is -0.165. The topological polar surface area (TPSA) is 68.0 Å². The lowest BCUT2D eigenvalue weighted by molar-refractivity contribution is 0.103. The summed E-state index contributed by atoms with van der Waals surface area (Å²) in [4.78, 5) is 17.1. The van der Waals surface area contributed by atoms with Gasteiger partial charge in [-0.3, -0.25) is 4.79 Å². The van der Waals surface area contributed by atoms with E-state index >= 15 is 0 Å². The molecule has 1 aromatic carbocycles. The number of halogens is 1. The minimum Gasteiger partial charge on any atom is -0.399 e. The van der Waals surface area contributed by atoms with E-state index in [-0.39, 0.29) is 5.91 Å². The number of nitrogens with zero attached hydrogens (tertiary/aromatic N) is 1. The number of thiophene rings is 1. The molecule has 0 fully saturated rings. The van der Waals surface area contributed by atoms with Crippen molar-refractivity contribution in [3.8, 4) is 0 Å². The van der Waals surface area contributed by atoms with Crippen LogP contribution in [-0.4, -0.2) is 10.9 Å². The summed E-state index contributed by atoms with van der Waals surface area (Å²) in [5, 5.41) is 4.22. The van der Waals surface area contributed by atoms with E-state index in [4.69, 9.17) is 17.3 Å². The van der Waals surface area contributed by atoms with Gasteiger partial charge in [-0.15, -0.1) is 11.3 Å². The fourth-order valence-electron chi connectivity index (χ4n) is 2.02. The third kappa shape index (κ3) is 2.84. The number of nitrogens with two attached hydrogens (primary N) is 1. The van der Waals surface area contributed by atoms with Crippen LogP contribution < -0.4 is 11.1 Å². The molecule has 0 spiro atoms. The van der Waals surface area contributed by atoms with Gasteiger partial charge in [-0.05, 0) is 48.7 Å². The molecule has 3 N–H and O–H groups in total. The quantitative estimate of drug-likeness (QED) is 0.552. The van der Waals surface area contributed by atoms with Crippen molar-refractivity contribution >= 4 is 50.3 Å². The third-order valence-electron chi connectivity index (χ3n) is 3.06. The molecule has 2 heterocycles. The second-order valence-corrected chi connectivity index (χ2v) is 6.10. The highest BCUT2D eigenvalue weighted by molar-refractivity contribution is 7.20. The maximum atomic E-state index is 12.3. The lowest BCUT2D eigenvalue weighted by atomic mass is 10.2. The Morgan fingerprint density at radius 1 is 1.29 bits per heavy atom. The first-order chi connectivity index (χ1) is 10.0. The fraction of sp³-hybridized carbons (Fsp3) is 0.0667. The summed E-state index contributed by atoms with van der Waals surface area (Å²) in [6, 6.07) is 10.8. The number of rotatable bonds is 2. The number of aromatic nitrogens is 1. The van der Waals surface area contributed by atoms with Crippen LogP contribution in [0.15, 0.2) is 36.4 Å². The summed E-state index contributed by atoms with van der Waals surface area (Å²) in [6.07, 6.45) is 0. The summed E-state index contributed by atoms with van der Waals surface area (Å²) in [6.45, 7) is 1.80. The molecule has 2 aromatic heterocycles. The Hall–Kier alpha value is -2.11. The number of benzene rings is 1. The van der Waals surface area contributed by atoms with Crippen LogP contribution >= 0.6 is 22.9 Å². The van der Waals surface area contributed by atoms with E-state index in [1.165, 1.54) is 11.3 Å². The standard InChI is InChI=1S/C15H12ClN3OS/c1-8-11(3-5-14(16)18-8)19-15(20)13-7-9-6-10(17)2-4-12(9)21-13/h2-7H,17H2,1H3,(H,19,20). The molecule has 3 aromatic rings. The first-order valence-electron chi connectivity index (χ1n) is 6.26. The largest absolute Gasteiger partial charge is 0.399 e. The molecule has 6 heteroatoms. The minimum atomic E-state index is -0.165. The van der Waals surface area contributed by atoms with Crippen LogP contribution in [0.5, 0.6) is 0 Å². The van der Waals surface area contributed by atoms with Crippen LogP contribution in [0.25, 0.3) is 10.1 Å². The van der Waals surface area contributed by atoms with Crippen molar-refractivity contribution in [2.24, 2.45) is 0 Å². The maximum absolute atomic E-state index is 12.3. The van der Waals surface area contributed by atoms with E-state index < -0.39 is 0 Å². The van der Waals surface area contributed by atoms with Gasteiger partial charge in [0.1, 0.15) is 5.15 Å². The van der Waals surface area contributed by atoms with Gasteiger partial charge in [-0.2, -0.15) is 0 Å². The average Bonchev–Trinajstić information content (AvgIpc) is 2.85. The molecule has 0 aliphatic heterocycles. The molecule has 0 atom stereocenters. The van der Waals surface area contributed by atoms with E-state index in [0.29, 0.717) is 27.1 Å². The number of nitrogens with one attached hydrogen (secondary N) is 1. The predicted octanol–water partition coefficient (Wildman–Crippen LogP) is 4.09. The number of carbonyl (C=O) groups is 1. The molecule has 0 bridgehead atoms. The number of hydrogen-bond acceptors (Lipinski definition) is 4. The number of hydrogen-bond donors (Lipinski definition) is 2. The van der Waals surface area contributed by atoms with E-state index in [1.54, 1.807) is 19.1 Å². The van der Waals surface area contributed by atoms with Crippen LogP contribution in [0, 0.1) is 6.92 Å². The smallest absolute Gasteiger partial charge is 0.265 e. The first kappa shape index (κ1) is 13.9. The summed E-state index contributed by atoms with van der Waals surface area (Å²) >= 11 is 7.23. The summed E-state index contributed by atoms with van der Waals surface area (Å²) in [5.41, 5.74) is 7.77. The first-order valence-corrected chi connectivity index (χ1v) is 7.46. The van der Waals surface area contributed by atoms with Crippen molar-refractivity contribution in [3.63, 3.8) is 0 Å². The predicted molar refractivity (Wildman–Crippen MR) is 88.2 cm³/mol. The van der Waals surface area contributed by atoms with Crippen molar-refractivity contribution in [2.75, 3.05) is 11.1 Å². The molecule has 21 heavy (non-hydrogen) atoms. The molecule has 0 saturated heterocycles. The van der Waals surface area contributed by atoms with Crippen LogP contribution in [0.4, 0.5) is 11.4 Å². The molecule has 1 amide bonds. The van der Waals surface area contributed by atoms with Crippen molar-refractivity contribution in [1.82, 2.24) is 4.98 Å². The minimum absolute atomic E-state index is 0.165. The molecule has 0 saturated carbocycles. The molecule has 3 rings (SSSR count). The molecule has 106 valence electrons. The molecule has 0 radical (unpaired) electrons. The highest BCUT2D eigenvalue weighted by atomic mass is 35.5. The highest BCUT2D eigenvalue weighted by Crippen LogP contribution is 2.28. The molecular weight excluding hydrogens is 306 g/mol. The number of nitrogen functional groups attached to an aromatic ring is 1. The van der Waals surface area contributed by atoms with Crippen molar-refractivity contribution in [1.29, 1.82) is 0 Å². The highest BCUT2D eigenvalue weighted by Gasteiger charge is 2.12. The molecule has 0 aliphatic carbocycles. The van der Waals surface area contributed by atoms with Gasteiger partial charge in [-0.1, -0.05) is 11.6 Å². The number of anilines is 2. The zero-order valence-electron chi connectivity index (χ0n) is 11.2. The van der Waals surface area contributed by atoms with Crippen LogP contribution in [0.1, 0.15) is 15.4 Å². The van der Waals surface area contributed by atoms with Gasteiger partial charge in [0.15, 0.2) is 0 Å². The van der Waals surface area contributed by atoms with Crippen molar-refractivity contribution in [3.05, 3.63) is 52.1 Å². The Bertz CT molecular complexity index is 844. The Morgan fingerprint density at radius 2 is 2.10 bits per heavy atom. The van der Waals surface area contributed by atoms with Gasteiger partial charge in [0, 0.05) is 10.4 Å². The van der Waals surface area contributed by atoms with Crippen LogP contribution in [0.2, 0.25) is 5.15 Å². The Morgan fingerprint density at radius 3 is 2.86 bits per heavy atom. The summed E-state index contributed by atoms with van der Waals surface area (Å²) in [7, 11) is 0. The van der Waals surface area contributed by atoms with E-state index in [2.05, 4.69) is 10.3 Å². The Balaban J connectivity index is 1.89. The fourth-order valence-corrected chi connectivity index (χ4v) is 3.15. The van der Waals surface area contributed by atoms with Gasteiger partial charge < -0.3 is 11.1 Å². The number of carbonyl (C=O) groups excluding carboxylic acids is 1. The van der Waals surface area contributed by atoms with Crippen molar-refractivity contribution in [2.45, 2.75) is 6.92 Å². The second-order valence-electron chi connectivity index (χ2n) is 4.63. The van der Waals surface area contributed by atoms with Gasteiger partial charge in [0.05, 0.1) is 16.3 Å². The molecular formula is C15H12ClN3OS. The van der Waals surface area contributed by atoms with Gasteiger partial charge in [0.25, 0.3) is 5.91 Å². The Labute approximate surface area is 130 Å². The normalized spacial score (nSPS) is 10.8. The van der Waals surface area contributed by atoms with Crippen LogP contribution in [-0.2, 0) is 0 Å². The average molecular weight is 318 g/mol. The van der Waals surface area contributed by atoms with E-state index in [0.717, 1.165) is 10.1 Å². The number of fused-ring (bicyclic) bond motifs is 1. The molecule has 0 aliphatic rings. The third-order valence-corrected chi connectivity index (χ3v) is 4.39. The van der Waals surface area contributed by atoms with Gasteiger partial charge in [0.2, 0.25) is 0 Å². The SMILES string of the molecule is Cc1nc(Cl)ccc1NC(=O)c1cc2cc(N)ccc2s1. The Kier molecular flexibility index (Phi) is 3.53. The van der Waals surface area contributed by atoms with Crippen LogP contribution in [0.3, 0.4) is 0 Å². The maximum Gasteiger partial charge on any atom is 0.265 e. The number of pyridine rings is 1. The zero-order chi connectivity index (χ0) is 15.0.